The van der Waals surface area contributed by atoms with Crippen LogP contribution in [0.1, 0.15) is 71.2 Å². The van der Waals surface area contributed by atoms with Crippen molar-refractivity contribution in [3.05, 3.63) is 47.8 Å². The van der Waals surface area contributed by atoms with Crippen LogP contribution in [0.15, 0.2) is 36.4 Å². The highest BCUT2D eigenvalue weighted by molar-refractivity contribution is 5.89. The summed E-state index contributed by atoms with van der Waals surface area (Å²) in [4.78, 5) is 10.8. The van der Waals surface area contributed by atoms with Gasteiger partial charge in [-0.2, -0.15) is 0 Å². The number of hydrogen-bond donors (Lipinski definition) is 1. The van der Waals surface area contributed by atoms with Gasteiger partial charge in [0.25, 0.3) is 0 Å². The summed E-state index contributed by atoms with van der Waals surface area (Å²) < 4.78 is 17.4. The maximum absolute atomic E-state index is 5.80. The standard InChI is InChI=1S/C22H37NO3.C11H13N3/c1-5-17-9-11-18(12-10-17)15-23-16-19-13-20(24-6-2)22(26-8-4)21(14-19)25-7-3;1-8-12-10-7-5-4-6-9(10)11(13-8)14(2)3/h13-14,17-18,23H,5-12,15-16H2,1-4H3;4-7H,1-3H3. The van der Waals surface area contributed by atoms with E-state index >= 15 is 0 Å². The number of ether oxygens (including phenoxy) is 3. The molecule has 1 N–H and O–H groups in total. The van der Waals surface area contributed by atoms with Crippen LogP contribution >= 0.6 is 0 Å². The average Bonchev–Trinajstić information content (AvgIpc) is 2.95. The predicted molar refractivity (Wildman–Crippen MR) is 166 cm³/mol. The number of aromatic nitrogens is 2. The number of hydrogen-bond acceptors (Lipinski definition) is 7. The molecule has 0 atom stereocenters. The third-order valence-corrected chi connectivity index (χ3v) is 7.39. The van der Waals surface area contributed by atoms with Gasteiger partial charge in [-0.1, -0.05) is 38.3 Å². The van der Waals surface area contributed by atoms with Crippen LogP contribution < -0.4 is 24.4 Å². The Morgan fingerprint density at radius 2 is 1.43 bits per heavy atom. The van der Waals surface area contributed by atoms with Crippen molar-refractivity contribution in [1.29, 1.82) is 0 Å². The number of rotatable bonds is 12. The summed E-state index contributed by atoms with van der Waals surface area (Å²) >= 11 is 0. The molecule has 1 aromatic heterocycles. The SMILES string of the molecule is CCOc1cc(CNCC2CCC(CC)CC2)cc(OCC)c1OCC.Cc1nc(N(C)C)c2ccccc2n1. The van der Waals surface area contributed by atoms with Crippen molar-refractivity contribution in [1.82, 2.24) is 15.3 Å². The van der Waals surface area contributed by atoms with E-state index < -0.39 is 0 Å². The van der Waals surface area contributed by atoms with Gasteiger partial charge in [-0.15, -0.1) is 0 Å². The van der Waals surface area contributed by atoms with Gasteiger partial charge in [0.05, 0.1) is 25.3 Å². The summed E-state index contributed by atoms with van der Waals surface area (Å²) in [6, 6.07) is 12.2. The Hall–Kier alpha value is -3.06. The van der Waals surface area contributed by atoms with Gasteiger partial charge in [-0.25, -0.2) is 9.97 Å². The number of anilines is 1. The summed E-state index contributed by atoms with van der Waals surface area (Å²) in [6.07, 6.45) is 6.86. The molecular formula is C33H50N4O3. The van der Waals surface area contributed by atoms with Gasteiger partial charge in [0.1, 0.15) is 11.6 Å². The van der Waals surface area contributed by atoms with Crippen LogP contribution in [0.3, 0.4) is 0 Å². The monoisotopic (exact) mass is 550 g/mol. The number of nitrogens with one attached hydrogen (secondary N) is 1. The molecule has 0 spiro atoms. The van der Waals surface area contributed by atoms with Crippen LogP contribution in [-0.2, 0) is 6.54 Å². The second-order valence-corrected chi connectivity index (χ2v) is 10.7. The van der Waals surface area contributed by atoms with Crippen LogP contribution in [0.25, 0.3) is 10.9 Å². The van der Waals surface area contributed by atoms with Gasteiger partial charge in [0.15, 0.2) is 11.5 Å². The smallest absolute Gasteiger partial charge is 0.203 e. The topological polar surface area (TPSA) is 68.7 Å². The zero-order valence-electron chi connectivity index (χ0n) is 25.8. The lowest BCUT2D eigenvalue weighted by atomic mass is 9.81. The van der Waals surface area contributed by atoms with Crippen molar-refractivity contribution in [2.24, 2.45) is 11.8 Å². The van der Waals surface area contributed by atoms with Crippen LogP contribution in [0.4, 0.5) is 5.82 Å². The Morgan fingerprint density at radius 3 is 2.00 bits per heavy atom. The molecule has 7 heteroatoms. The molecule has 4 rings (SSSR count). The molecule has 0 amide bonds. The highest BCUT2D eigenvalue weighted by Gasteiger charge is 2.20. The van der Waals surface area contributed by atoms with Crippen molar-refractivity contribution in [2.45, 2.75) is 73.3 Å². The lowest BCUT2D eigenvalue weighted by Gasteiger charge is -2.28. The van der Waals surface area contributed by atoms with E-state index in [4.69, 9.17) is 14.2 Å². The van der Waals surface area contributed by atoms with Crippen LogP contribution in [0, 0.1) is 18.8 Å². The van der Waals surface area contributed by atoms with Crippen molar-refractivity contribution in [3.8, 4) is 17.2 Å². The minimum atomic E-state index is 0.595. The first kappa shape index (κ1) is 31.5. The highest BCUT2D eigenvalue weighted by atomic mass is 16.5. The number of para-hydroxylation sites is 1. The number of nitrogens with zero attached hydrogens (tertiary/aromatic N) is 3. The molecule has 1 aliphatic carbocycles. The quantitative estimate of drug-likeness (QED) is 0.256. The van der Waals surface area contributed by atoms with E-state index in [9.17, 15) is 0 Å². The van der Waals surface area contributed by atoms with E-state index in [0.29, 0.717) is 19.8 Å². The Kier molecular flexibility index (Phi) is 12.8. The van der Waals surface area contributed by atoms with Crippen molar-refractivity contribution < 1.29 is 14.2 Å². The minimum Gasteiger partial charge on any atom is -0.490 e. The number of fused-ring (bicyclic) bond motifs is 1. The molecule has 40 heavy (non-hydrogen) atoms. The average molecular weight is 551 g/mol. The fraction of sp³-hybridized carbons (Fsp3) is 0.576. The Morgan fingerprint density at radius 1 is 0.825 bits per heavy atom. The molecule has 2 aromatic carbocycles. The molecule has 220 valence electrons. The van der Waals surface area contributed by atoms with Gasteiger partial charge in [0.2, 0.25) is 5.75 Å². The fourth-order valence-electron chi connectivity index (χ4n) is 5.32. The van der Waals surface area contributed by atoms with Gasteiger partial charge < -0.3 is 24.4 Å². The molecule has 1 saturated carbocycles. The Balaban J connectivity index is 0.000000263. The molecule has 1 heterocycles. The van der Waals surface area contributed by atoms with Crippen molar-refractivity contribution in [3.63, 3.8) is 0 Å². The Bertz CT molecular complexity index is 1150. The molecule has 0 radical (unpaired) electrons. The third-order valence-electron chi connectivity index (χ3n) is 7.39. The summed E-state index contributed by atoms with van der Waals surface area (Å²) in [5.74, 6) is 5.84. The fourth-order valence-corrected chi connectivity index (χ4v) is 5.32. The molecule has 0 bridgehead atoms. The van der Waals surface area contributed by atoms with Gasteiger partial charge >= 0.3 is 0 Å². The summed E-state index contributed by atoms with van der Waals surface area (Å²) in [5, 5.41) is 4.74. The molecule has 1 fully saturated rings. The van der Waals surface area contributed by atoms with Gasteiger partial charge in [-0.05, 0) is 88.7 Å². The molecule has 3 aromatic rings. The second-order valence-electron chi connectivity index (χ2n) is 10.7. The molecule has 1 aliphatic rings. The lowest BCUT2D eigenvalue weighted by Crippen LogP contribution is -2.26. The van der Waals surface area contributed by atoms with E-state index in [1.54, 1.807) is 0 Å². The summed E-state index contributed by atoms with van der Waals surface area (Å²) in [5.41, 5.74) is 2.19. The van der Waals surface area contributed by atoms with E-state index in [1.807, 2.05) is 71.0 Å². The largest absolute Gasteiger partial charge is 0.490 e. The zero-order chi connectivity index (χ0) is 28.9. The molecule has 0 saturated heterocycles. The molecular weight excluding hydrogens is 500 g/mol. The third kappa shape index (κ3) is 8.98. The van der Waals surface area contributed by atoms with Gasteiger partial charge in [-0.3, -0.25) is 0 Å². The normalized spacial score (nSPS) is 16.7. The van der Waals surface area contributed by atoms with E-state index in [0.717, 1.165) is 64.7 Å². The number of aryl methyl sites for hydroxylation is 1. The van der Waals surface area contributed by atoms with Crippen molar-refractivity contribution in [2.75, 3.05) is 45.4 Å². The summed E-state index contributed by atoms with van der Waals surface area (Å²) in [7, 11) is 3.99. The lowest BCUT2D eigenvalue weighted by molar-refractivity contribution is 0.258. The first-order valence-corrected chi connectivity index (χ1v) is 15.1. The maximum atomic E-state index is 5.80. The number of benzene rings is 2. The van der Waals surface area contributed by atoms with E-state index in [1.165, 1.54) is 37.7 Å². The Labute approximate surface area is 241 Å². The molecule has 7 nitrogen and oxygen atoms in total. The first-order valence-electron chi connectivity index (χ1n) is 15.1. The second kappa shape index (κ2) is 16.3. The minimum absolute atomic E-state index is 0.595. The maximum Gasteiger partial charge on any atom is 0.203 e. The van der Waals surface area contributed by atoms with Crippen LogP contribution in [-0.4, -0.2) is 50.4 Å². The summed E-state index contributed by atoms with van der Waals surface area (Å²) in [6.45, 7) is 14.0. The van der Waals surface area contributed by atoms with Gasteiger partial charge in [0, 0.05) is 26.0 Å². The molecule has 0 aliphatic heterocycles. The predicted octanol–water partition coefficient (Wildman–Crippen LogP) is 7.19. The zero-order valence-corrected chi connectivity index (χ0v) is 25.8. The van der Waals surface area contributed by atoms with Crippen LogP contribution in [0.2, 0.25) is 0 Å². The van der Waals surface area contributed by atoms with E-state index in [2.05, 4.69) is 34.3 Å². The molecule has 0 unspecified atom stereocenters. The first-order chi connectivity index (χ1) is 19.4. The van der Waals surface area contributed by atoms with E-state index in [-0.39, 0.29) is 0 Å². The van der Waals surface area contributed by atoms with Crippen molar-refractivity contribution >= 4 is 16.7 Å². The van der Waals surface area contributed by atoms with Crippen LogP contribution in [0.5, 0.6) is 17.2 Å². The highest BCUT2D eigenvalue weighted by Crippen LogP contribution is 2.39.